The first-order valence-corrected chi connectivity index (χ1v) is 10.2. The lowest BCUT2D eigenvalue weighted by molar-refractivity contribution is -0.386. The monoisotopic (exact) mass is 355 g/mol. The summed E-state index contributed by atoms with van der Waals surface area (Å²) in [6.45, 7) is 5.99. The van der Waals surface area contributed by atoms with E-state index >= 15 is 0 Å². The molecule has 7 nitrogen and oxygen atoms in total. The van der Waals surface area contributed by atoms with Crippen molar-refractivity contribution < 1.29 is 13.3 Å². The fraction of sp³-hybridized carbons (Fsp3) is 0.625. The molecule has 8 heteroatoms. The van der Waals surface area contributed by atoms with E-state index < -0.39 is 14.8 Å². The Labute approximate surface area is 143 Å². The van der Waals surface area contributed by atoms with Gasteiger partial charge in [-0.25, -0.2) is 8.42 Å². The number of sulfone groups is 1. The van der Waals surface area contributed by atoms with Crippen molar-refractivity contribution in [2.45, 2.75) is 31.1 Å². The van der Waals surface area contributed by atoms with Gasteiger partial charge in [0.15, 0.2) is 9.84 Å². The maximum atomic E-state index is 11.8. The van der Waals surface area contributed by atoms with Crippen molar-refractivity contribution in [1.29, 1.82) is 0 Å². The number of anilines is 1. The van der Waals surface area contributed by atoms with Crippen LogP contribution in [0.25, 0.3) is 0 Å². The molecule has 0 saturated carbocycles. The van der Waals surface area contributed by atoms with E-state index in [0.717, 1.165) is 45.2 Å². The molecule has 0 spiro atoms. The number of nitro benzene ring substituents is 1. The number of para-hydroxylation sites is 1. The molecule has 1 aliphatic rings. The summed E-state index contributed by atoms with van der Waals surface area (Å²) >= 11 is 0. The van der Waals surface area contributed by atoms with Gasteiger partial charge in [-0.1, -0.05) is 13.0 Å². The molecule has 0 bridgehead atoms. The van der Waals surface area contributed by atoms with Crippen LogP contribution in [-0.4, -0.2) is 50.7 Å². The van der Waals surface area contributed by atoms with E-state index in [0.29, 0.717) is 12.5 Å². The third kappa shape index (κ3) is 4.67. The molecule has 0 aromatic heterocycles. The molecule has 1 saturated heterocycles. The number of hydrogen-bond donors (Lipinski definition) is 1. The molecular formula is C16H25N3O4S. The van der Waals surface area contributed by atoms with Crippen LogP contribution in [0.15, 0.2) is 23.1 Å². The number of piperidine rings is 1. The highest BCUT2D eigenvalue weighted by Crippen LogP contribution is 2.32. The SMILES string of the molecule is CCCN1CCC(CNc2cccc(S(C)(=O)=O)c2[N+](=O)[O-])CC1. The molecule has 134 valence electrons. The molecule has 1 aliphatic heterocycles. The minimum atomic E-state index is -3.65. The lowest BCUT2D eigenvalue weighted by atomic mass is 9.96. The number of nitrogens with zero attached hydrogens (tertiary/aromatic N) is 2. The van der Waals surface area contributed by atoms with Gasteiger partial charge in [-0.2, -0.15) is 0 Å². The molecule has 0 atom stereocenters. The normalized spacial score (nSPS) is 16.9. The lowest BCUT2D eigenvalue weighted by Crippen LogP contribution is -2.36. The van der Waals surface area contributed by atoms with Gasteiger partial charge in [-0.05, 0) is 56.9 Å². The Bertz CT molecular complexity index is 683. The van der Waals surface area contributed by atoms with Crippen molar-refractivity contribution in [3.63, 3.8) is 0 Å². The van der Waals surface area contributed by atoms with Crippen molar-refractivity contribution in [2.75, 3.05) is 37.8 Å². The van der Waals surface area contributed by atoms with E-state index in [4.69, 9.17) is 0 Å². The summed E-state index contributed by atoms with van der Waals surface area (Å²) in [4.78, 5) is 12.9. The Kier molecular flexibility index (Phi) is 6.17. The van der Waals surface area contributed by atoms with Crippen LogP contribution in [-0.2, 0) is 9.84 Å². The summed E-state index contributed by atoms with van der Waals surface area (Å²) in [5, 5.41) is 14.4. The van der Waals surface area contributed by atoms with Crippen LogP contribution in [0, 0.1) is 16.0 Å². The van der Waals surface area contributed by atoms with Crippen LogP contribution in [0.1, 0.15) is 26.2 Å². The summed E-state index contributed by atoms with van der Waals surface area (Å²) in [6.07, 6.45) is 4.23. The van der Waals surface area contributed by atoms with Crippen LogP contribution in [0.5, 0.6) is 0 Å². The van der Waals surface area contributed by atoms with Gasteiger partial charge in [0.2, 0.25) is 0 Å². The van der Waals surface area contributed by atoms with Crippen molar-refractivity contribution >= 4 is 21.2 Å². The predicted molar refractivity (Wildman–Crippen MR) is 94.2 cm³/mol. The van der Waals surface area contributed by atoms with E-state index in [-0.39, 0.29) is 16.3 Å². The summed E-state index contributed by atoms with van der Waals surface area (Å²) < 4.78 is 23.6. The molecule has 2 rings (SSSR count). The number of hydrogen-bond acceptors (Lipinski definition) is 6. The Morgan fingerprint density at radius 3 is 2.54 bits per heavy atom. The average molecular weight is 355 g/mol. The predicted octanol–water partition coefficient (Wildman–Crippen LogP) is 2.53. The van der Waals surface area contributed by atoms with Crippen molar-refractivity contribution in [3.05, 3.63) is 28.3 Å². The highest BCUT2D eigenvalue weighted by Gasteiger charge is 2.26. The summed E-state index contributed by atoms with van der Waals surface area (Å²) in [5.74, 6) is 0.444. The molecule has 1 aromatic rings. The van der Waals surface area contributed by atoms with Crippen LogP contribution in [0.3, 0.4) is 0 Å². The van der Waals surface area contributed by atoms with Crippen molar-refractivity contribution in [3.8, 4) is 0 Å². The number of benzene rings is 1. The van der Waals surface area contributed by atoms with Gasteiger partial charge in [-0.3, -0.25) is 10.1 Å². The smallest absolute Gasteiger partial charge is 0.310 e. The van der Waals surface area contributed by atoms with E-state index in [1.54, 1.807) is 6.07 Å². The van der Waals surface area contributed by atoms with E-state index in [9.17, 15) is 18.5 Å². The Balaban J connectivity index is 2.07. The van der Waals surface area contributed by atoms with Crippen molar-refractivity contribution in [1.82, 2.24) is 4.90 Å². The Morgan fingerprint density at radius 2 is 2.00 bits per heavy atom. The largest absolute Gasteiger partial charge is 0.379 e. The molecule has 1 fully saturated rings. The second-order valence-corrected chi connectivity index (χ2v) is 8.33. The molecule has 0 amide bonds. The number of nitrogens with one attached hydrogen (secondary N) is 1. The Morgan fingerprint density at radius 1 is 1.33 bits per heavy atom. The van der Waals surface area contributed by atoms with Gasteiger partial charge in [-0.15, -0.1) is 0 Å². The highest BCUT2D eigenvalue weighted by atomic mass is 32.2. The van der Waals surface area contributed by atoms with E-state index in [1.807, 2.05) is 0 Å². The summed E-state index contributed by atoms with van der Waals surface area (Å²) in [6, 6.07) is 4.39. The molecule has 0 radical (unpaired) electrons. The zero-order chi connectivity index (χ0) is 17.7. The second kappa shape index (κ2) is 7.94. The third-order valence-electron chi connectivity index (χ3n) is 4.41. The maximum Gasteiger partial charge on any atom is 0.310 e. The highest BCUT2D eigenvalue weighted by molar-refractivity contribution is 7.90. The zero-order valence-electron chi connectivity index (χ0n) is 14.2. The molecular weight excluding hydrogens is 330 g/mol. The minimum Gasteiger partial charge on any atom is -0.379 e. The number of likely N-dealkylation sites (tertiary alicyclic amines) is 1. The fourth-order valence-corrected chi connectivity index (χ4v) is 4.00. The topological polar surface area (TPSA) is 92.6 Å². The van der Waals surface area contributed by atoms with Crippen LogP contribution < -0.4 is 5.32 Å². The average Bonchev–Trinajstić information content (AvgIpc) is 2.53. The van der Waals surface area contributed by atoms with Crippen LogP contribution in [0.4, 0.5) is 11.4 Å². The third-order valence-corrected chi connectivity index (χ3v) is 5.54. The van der Waals surface area contributed by atoms with Gasteiger partial charge < -0.3 is 10.2 Å². The Hall–Kier alpha value is -1.67. The standard InChI is InChI=1S/C16H25N3O4S/c1-3-9-18-10-7-13(8-11-18)12-17-14-5-4-6-15(24(2,22)23)16(14)19(20)21/h4-6,13,17H,3,7-12H2,1-2H3. The first kappa shape index (κ1) is 18.7. The minimum absolute atomic E-state index is 0.240. The molecule has 0 unspecified atom stereocenters. The number of nitro groups is 1. The molecule has 1 aromatic carbocycles. The lowest BCUT2D eigenvalue weighted by Gasteiger charge is -2.31. The van der Waals surface area contributed by atoms with Gasteiger partial charge in [0.25, 0.3) is 0 Å². The molecule has 1 N–H and O–H groups in total. The van der Waals surface area contributed by atoms with E-state index in [1.165, 1.54) is 12.1 Å². The summed E-state index contributed by atoms with van der Waals surface area (Å²) in [7, 11) is -3.65. The van der Waals surface area contributed by atoms with Gasteiger partial charge >= 0.3 is 5.69 Å². The maximum absolute atomic E-state index is 11.8. The molecule has 24 heavy (non-hydrogen) atoms. The zero-order valence-corrected chi connectivity index (χ0v) is 15.0. The fourth-order valence-electron chi connectivity index (χ4n) is 3.14. The molecule has 1 heterocycles. The quantitative estimate of drug-likeness (QED) is 0.597. The van der Waals surface area contributed by atoms with Gasteiger partial charge in [0.1, 0.15) is 10.6 Å². The summed E-state index contributed by atoms with van der Waals surface area (Å²) in [5.41, 5.74) is -0.0812. The van der Waals surface area contributed by atoms with Crippen LogP contribution in [0.2, 0.25) is 0 Å². The van der Waals surface area contributed by atoms with Crippen LogP contribution >= 0.6 is 0 Å². The first-order chi connectivity index (χ1) is 11.3. The number of rotatable bonds is 7. The molecule has 0 aliphatic carbocycles. The first-order valence-electron chi connectivity index (χ1n) is 8.26. The van der Waals surface area contributed by atoms with Gasteiger partial charge in [0.05, 0.1) is 4.92 Å². The van der Waals surface area contributed by atoms with E-state index in [2.05, 4.69) is 17.1 Å². The van der Waals surface area contributed by atoms with Crippen molar-refractivity contribution in [2.24, 2.45) is 5.92 Å². The van der Waals surface area contributed by atoms with Gasteiger partial charge in [0, 0.05) is 12.8 Å². The second-order valence-electron chi connectivity index (χ2n) is 6.35.